The van der Waals surface area contributed by atoms with Gasteiger partial charge in [0.1, 0.15) is 18.0 Å². The highest BCUT2D eigenvalue weighted by Crippen LogP contribution is 2.43. The Kier molecular flexibility index (Phi) is 6.23. The van der Waals surface area contributed by atoms with E-state index in [4.69, 9.17) is 0 Å². The molecule has 2 aromatic heterocycles. The summed E-state index contributed by atoms with van der Waals surface area (Å²) in [6, 6.07) is 10.8. The molecule has 0 bridgehead atoms. The normalized spacial score (nSPS) is 17.3. The van der Waals surface area contributed by atoms with E-state index in [1.54, 1.807) is 10.9 Å². The standard InChI is InChI=1S/C25H26FN7O2/c1-32(2)13-15-4-6-16(7-5-15)19-12-27-20-11-17(26)10-18-21(20)23(30-31-25(18)35)22(19)24-28-14-29-33(24)8-3-9-34/h4-7,10-12,14,19,22,34H,3,8-9,13H2,1-2H3,(H,31,35). The van der Waals surface area contributed by atoms with Crippen LogP contribution in [0, 0.1) is 5.82 Å². The molecule has 2 atom stereocenters. The minimum Gasteiger partial charge on any atom is -0.396 e. The van der Waals surface area contributed by atoms with E-state index in [0.717, 1.165) is 12.1 Å². The lowest BCUT2D eigenvalue weighted by atomic mass is 9.82. The first-order valence-corrected chi connectivity index (χ1v) is 11.4. The largest absolute Gasteiger partial charge is 0.396 e. The molecule has 10 heteroatoms. The summed E-state index contributed by atoms with van der Waals surface area (Å²) in [6.07, 6.45) is 3.76. The number of aromatic nitrogens is 5. The van der Waals surface area contributed by atoms with Crippen molar-refractivity contribution in [3.05, 3.63) is 81.5 Å². The summed E-state index contributed by atoms with van der Waals surface area (Å²) in [7, 11) is 4.04. The summed E-state index contributed by atoms with van der Waals surface area (Å²) < 4.78 is 16.1. The van der Waals surface area contributed by atoms with Crippen LogP contribution in [0.4, 0.5) is 10.1 Å². The van der Waals surface area contributed by atoms with Crippen LogP contribution in [0.25, 0.3) is 10.8 Å². The van der Waals surface area contributed by atoms with E-state index in [9.17, 15) is 14.3 Å². The van der Waals surface area contributed by atoms with E-state index in [0.29, 0.717) is 35.6 Å². The molecule has 2 unspecified atom stereocenters. The Bertz CT molecular complexity index is 1440. The molecule has 1 aliphatic rings. The second-order valence-electron chi connectivity index (χ2n) is 8.96. The Balaban J connectivity index is 1.72. The van der Waals surface area contributed by atoms with Crippen LogP contribution in [0.1, 0.15) is 40.9 Å². The molecule has 0 aliphatic carbocycles. The van der Waals surface area contributed by atoms with Crippen LogP contribution in [0.15, 0.2) is 52.5 Å². The topological polar surface area (TPSA) is 112 Å². The number of halogens is 1. The number of H-pyrrole nitrogens is 1. The molecule has 4 aromatic rings. The number of aliphatic hydroxyl groups excluding tert-OH is 1. The first-order chi connectivity index (χ1) is 17.0. The van der Waals surface area contributed by atoms with Crippen LogP contribution in [0.2, 0.25) is 0 Å². The Morgan fingerprint density at radius 2 is 2.00 bits per heavy atom. The van der Waals surface area contributed by atoms with Crippen molar-refractivity contribution in [1.82, 2.24) is 29.9 Å². The summed E-state index contributed by atoms with van der Waals surface area (Å²) in [6.45, 7) is 1.30. The summed E-state index contributed by atoms with van der Waals surface area (Å²) in [4.78, 5) is 23.8. The maximum Gasteiger partial charge on any atom is 0.272 e. The third-order valence-electron chi connectivity index (χ3n) is 6.20. The molecule has 3 heterocycles. The zero-order chi connectivity index (χ0) is 24.5. The van der Waals surface area contributed by atoms with Crippen molar-refractivity contribution in [2.75, 3.05) is 20.7 Å². The van der Waals surface area contributed by atoms with Gasteiger partial charge in [0.05, 0.1) is 22.7 Å². The molecule has 0 saturated heterocycles. The van der Waals surface area contributed by atoms with Crippen LogP contribution in [-0.2, 0) is 13.1 Å². The summed E-state index contributed by atoms with van der Waals surface area (Å²) >= 11 is 0. The molecule has 0 amide bonds. The number of aryl methyl sites for hydroxylation is 1. The summed E-state index contributed by atoms with van der Waals surface area (Å²) in [5.41, 5.74) is 2.57. The highest BCUT2D eigenvalue weighted by atomic mass is 19.1. The van der Waals surface area contributed by atoms with E-state index < -0.39 is 17.3 Å². The van der Waals surface area contributed by atoms with Gasteiger partial charge in [-0.05, 0) is 37.7 Å². The van der Waals surface area contributed by atoms with Gasteiger partial charge in [-0.1, -0.05) is 24.3 Å². The van der Waals surface area contributed by atoms with Crippen LogP contribution in [0.5, 0.6) is 0 Å². The molecule has 0 fully saturated rings. The molecule has 9 nitrogen and oxygen atoms in total. The predicted molar refractivity (Wildman–Crippen MR) is 131 cm³/mol. The van der Waals surface area contributed by atoms with Crippen molar-refractivity contribution in [2.24, 2.45) is 4.99 Å². The Morgan fingerprint density at radius 1 is 1.20 bits per heavy atom. The lowest BCUT2D eigenvalue weighted by Gasteiger charge is -2.24. The average Bonchev–Trinajstić information content (AvgIpc) is 3.23. The highest BCUT2D eigenvalue weighted by Gasteiger charge is 2.35. The number of hydrogen-bond donors (Lipinski definition) is 2. The smallest absolute Gasteiger partial charge is 0.272 e. The molecular formula is C25H26FN7O2. The van der Waals surface area contributed by atoms with E-state index in [1.165, 1.54) is 24.0 Å². The fourth-order valence-electron chi connectivity index (χ4n) is 4.69. The molecule has 0 spiro atoms. The number of aliphatic hydroxyl groups is 1. The van der Waals surface area contributed by atoms with Gasteiger partial charge in [-0.25, -0.2) is 19.2 Å². The van der Waals surface area contributed by atoms with Gasteiger partial charge in [-0.15, -0.1) is 0 Å². The second kappa shape index (κ2) is 9.47. The van der Waals surface area contributed by atoms with Crippen molar-refractivity contribution in [3.63, 3.8) is 0 Å². The fourth-order valence-corrected chi connectivity index (χ4v) is 4.69. The van der Waals surface area contributed by atoms with Gasteiger partial charge in [0.2, 0.25) is 0 Å². The Labute approximate surface area is 201 Å². The number of aromatic amines is 1. The van der Waals surface area contributed by atoms with Gasteiger partial charge in [-0.2, -0.15) is 10.2 Å². The zero-order valence-electron chi connectivity index (χ0n) is 19.5. The van der Waals surface area contributed by atoms with Crippen LogP contribution in [0.3, 0.4) is 0 Å². The van der Waals surface area contributed by atoms with Gasteiger partial charge >= 0.3 is 0 Å². The van der Waals surface area contributed by atoms with Gasteiger partial charge in [0.25, 0.3) is 5.56 Å². The first-order valence-electron chi connectivity index (χ1n) is 11.4. The van der Waals surface area contributed by atoms with Gasteiger partial charge in [-0.3, -0.25) is 9.79 Å². The highest BCUT2D eigenvalue weighted by molar-refractivity contribution is 5.97. The molecule has 2 N–H and O–H groups in total. The number of hydrogen-bond acceptors (Lipinski definition) is 7. The van der Waals surface area contributed by atoms with Crippen LogP contribution in [-0.4, -0.2) is 61.9 Å². The average molecular weight is 476 g/mol. The van der Waals surface area contributed by atoms with Gasteiger partial charge in [0.15, 0.2) is 0 Å². The van der Waals surface area contributed by atoms with Gasteiger partial charge in [0, 0.05) is 43.3 Å². The van der Waals surface area contributed by atoms with Gasteiger partial charge < -0.3 is 10.0 Å². The maximum absolute atomic E-state index is 14.4. The lowest BCUT2D eigenvalue weighted by molar-refractivity contribution is 0.275. The molecular weight excluding hydrogens is 449 g/mol. The molecule has 180 valence electrons. The quantitative estimate of drug-likeness (QED) is 0.425. The number of nitrogens with one attached hydrogen (secondary N) is 1. The molecule has 5 rings (SSSR count). The van der Waals surface area contributed by atoms with Crippen molar-refractivity contribution >= 4 is 22.7 Å². The minimum atomic E-state index is -0.540. The third-order valence-corrected chi connectivity index (χ3v) is 6.20. The van der Waals surface area contributed by atoms with Crippen molar-refractivity contribution in [2.45, 2.75) is 31.3 Å². The second-order valence-corrected chi connectivity index (χ2v) is 8.96. The molecule has 35 heavy (non-hydrogen) atoms. The van der Waals surface area contributed by atoms with E-state index in [-0.39, 0.29) is 17.9 Å². The van der Waals surface area contributed by atoms with Crippen LogP contribution < -0.4 is 5.56 Å². The Hall–Kier alpha value is -3.76. The van der Waals surface area contributed by atoms with Crippen LogP contribution >= 0.6 is 0 Å². The molecule has 0 saturated carbocycles. The summed E-state index contributed by atoms with van der Waals surface area (Å²) in [5, 5.41) is 21.4. The maximum atomic E-state index is 14.4. The van der Waals surface area contributed by atoms with E-state index >= 15 is 0 Å². The Morgan fingerprint density at radius 3 is 2.74 bits per heavy atom. The lowest BCUT2D eigenvalue weighted by Crippen LogP contribution is -2.23. The molecule has 2 aromatic carbocycles. The molecule has 1 aliphatic heterocycles. The van der Waals surface area contributed by atoms with Crippen molar-refractivity contribution < 1.29 is 9.50 Å². The number of nitrogens with zero attached hydrogens (tertiary/aromatic N) is 6. The van der Waals surface area contributed by atoms with E-state index in [2.05, 4.69) is 54.4 Å². The molecule has 0 radical (unpaired) electrons. The third kappa shape index (κ3) is 4.38. The monoisotopic (exact) mass is 475 g/mol. The number of rotatable bonds is 7. The minimum absolute atomic E-state index is 0.0193. The van der Waals surface area contributed by atoms with Crippen molar-refractivity contribution in [1.29, 1.82) is 0 Å². The number of aliphatic imine (C=N–C) groups is 1. The summed E-state index contributed by atoms with van der Waals surface area (Å²) in [5.74, 6) is -0.671. The predicted octanol–water partition coefficient (Wildman–Crippen LogP) is 2.73. The SMILES string of the molecule is CN(C)Cc1ccc(C2C=Nc3cc(F)cc4c(=O)[nH]nc(c34)C2c2ncnn2CCCO)cc1. The first kappa shape index (κ1) is 23.0. The fraction of sp³-hybridized carbons (Fsp3) is 0.320. The van der Waals surface area contributed by atoms with E-state index in [1.807, 2.05) is 14.1 Å². The zero-order valence-corrected chi connectivity index (χ0v) is 19.5. The van der Waals surface area contributed by atoms with Crippen molar-refractivity contribution in [3.8, 4) is 0 Å². The number of benzene rings is 2.